The third-order valence-corrected chi connectivity index (χ3v) is 5.21. The number of aromatic nitrogens is 1. The number of nitrogen functional groups attached to an aromatic ring is 1. The Morgan fingerprint density at radius 2 is 1.78 bits per heavy atom. The van der Waals surface area contributed by atoms with Crippen molar-refractivity contribution in [3.05, 3.63) is 83.4 Å². The van der Waals surface area contributed by atoms with Gasteiger partial charge in [0.05, 0.1) is 12.1 Å². The normalized spacial score (nSPS) is 11.7. The lowest BCUT2D eigenvalue weighted by atomic mass is 10.0. The largest absolute Gasteiger partial charge is 0.384 e. The molecule has 166 valence electrons. The molecule has 1 unspecified atom stereocenters. The van der Waals surface area contributed by atoms with Gasteiger partial charge in [-0.2, -0.15) is 0 Å². The molecule has 6 heteroatoms. The number of anilines is 1. The first-order valence-electron chi connectivity index (χ1n) is 10.7. The molecule has 1 aromatic heterocycles. The molecule has 0 spiro atoms. The monoisotopic (exact) mass is 432 g/mol. The topological polar surface area (TPSA) is 91.9 Å². The number of alkyl halides is 1. The number of carbonyl (C=O) groups excluding carboxylic acids is 1. The third-order valence-electron chi connectivity index (χ3n) is 5.21. The fraction of sp³-hybridized carbons (Fsp3) is 0.269. The van der Waals surface area contributed by atoms with E-state index in [0.717, 1.165) is 28.8 Å². The molecule has 5 nitrogen and oxygen atoms in total. The summed E-state index contributed by atoms with van der Waals surface area (Å²) in [6.45, 7) is 1.36. The van der Waals surface area contributed by atoms with Crippen molar-refractivity contribution >= 4 is 17.4 Å². The van der Waals surface area contributed by atoms with Crippen LogP contribution in [0.3, 0.4) is 0 Å². The highest BCUT2D eigenvalue weighted by molar-refractivity contribution is 5.84. The number of pyridine rings is 1. The molecule has 1 atom stereocenters. The van der Waals surface area contributed by atoms with Crippen LogP contribution < -0.4 is 11.1 Å². The second-order valence-corrected chi connectivity index (χ2v) is 8.05. The van der Waals surface area contributed by atoms with Gasteiger partial charge in [-0.1, -0.05) is 54.6 Å². The predicted molar refractivity (Wildman–Crippen MR) is 127 cm³/mol. The first-order valence-corrected chi connectivity index (χ1v) is 10.7. The maximum atomic E-state index is 12.8. The zero-order chi connectivity index (χ0) is 22.9. The summed E-state index contributed by atoms with van der Waals surface area (Å²) >= 11 is 0. The molecule has 2 aromatic carbocycles. The first-order chi connectivity index (χ1) is 15.4. The Balaban J connectivity index is 1.43. The average Bonchev–Trinajstić information content (AvgIpc) is 2.78. The van der Waals surface area contributed by atoms with Gasteiger partial charge in [0.2, 0.25) is 5.91 Å². The van der Waals surface area contributed by atoms with Crippen molar-refractivity contribution in [2.24, 2.45) is 0 Å². The minimum Gasteiger partial charge on any atom is -0.384 e. The SMILES string of the molecule is CC(CC(=N)CCc1ccc(-c2cccc(N)n2)cc1)NC(=O)Cc1cccc(CF)c1. The van der Waals surface area contributed by atoms with Gasteiger partial charge in [0.25, 0.3) is 0 Å². The Labute approximate surface area is 188 Å². The number of nitrogens with two attached hydrogens (primary N) is 1. The summed E-state index contributed by atoms with van der Waals surface area (Å²) in [6, 6.07) is 20.6. The quantitative estimate of drug-likeness (QED) is 0.398. The van der Waals surface area contributed by atoms with Gasteiger partial charge < -0.3 is 16.5 Å². The Hall–Kier alpha value is -3.54. The minimum atomic E-state index is -0.538. The van der Waals surface area contributed by atoms with Gasteiger partial charge in [0, 0.05) is 23.7 Å². The fourth-order valence-electron chi connectivity index (χ4n) is 3.61. The number of rotatable bonds is 10. The molecule has 0 saturated carbocycles. The number of carbonyl (C=O) groups is 1. The van der Waals surface area contributed by atoms with Crippen molar-refractivity contribution in [3.63, 3.8) is 0 Å². The molecule has 0 aliphatic rings. The van der Waals surface area contributed by atoms with Crippen LogP contribution in [-0.4, -0.2) is 22.6 Å². The highest BCUT2D eigenvalue weighted by Crippen LogP contribution is 2.19. The highest BCUT2D eigenvalue weighted by atomic mass is 19.1. The first kappa shape index (κ1) is 23.1. The molecule has 3 rings (SSSR count). The summed E-state index contributed by atoms with van der Waals surface area (Å²) in [5, 5.41) is 11.2. The molecule has 0 saturated heterocycles. The highest BCUT2D eigenvalue weighted by Gasteiger charge is 2.11. The van der Waals surface area contributed by atoms with Crippen LogP contribution in [0.4, 0.5) is 10.2 Å². The van der Waals surface area contributed by atoms with Crippen molar-refractivity contribution in [1.82, 2.24) is 10.3 Å². The number of aryl methyl sites for hydroxylation is 1. The van der Waals surface area contributed by atoms with Gasteiger partial charge in [-0.25, -0.2) is 9.37 Å². The van der Waals surface area contributed by atoms with E-state index in [1.54, 1.807) is 24.3 Å². The van der Waals surface area contributed by atoms with Crippen LogP contribution in [0.25, 0.3) is 11.3 Å². The fourth-order valence-corrected chi connectivity index (χ4v) is 3.61. The van der Waals surface area contributed by atoms with E-state index in [0.29, 0.717) is 29.9 Å². The zero-order valence-corrected chi connectivity index (χ0v) is 18.3. The molecule has 0 fully saturated rings. The molecule has 32 heavy (non-hydrogen) atoms. The smallest absolute Gasteiger partial charge is 0.224 e. The molecule has 0 bridgehead atoms. The molecule has 4 N–H and O–H groups in total. The molecule has 1 heterocycles. The number of hydrogen-bond acceptors (Lipinski definition) is 4. The lowest BCUT2D eigenvalue weighted by Gasteiger charge is -2.15. The standard InChI is InChI=1S/C26H29FN4O/c1-18(30-26(32)16-20-4-2-5-21(15-20)17-27)14-23(28)13-10-19-8-11-22(12-9-19)24-6-3-7-25(29)31-24/h2-9,11-12,15,18,28H,10,13-14,16-17H2,1H3,(H2,29,31)(H,30,32). The van der Waals surface area contributed by atoms with Crippen molar-refractivity contribution in [2.75, 3.05) is 5.73 Å². The minimum absolute atomic E-state index is 0.118. The van der Waals surface area contributed by atoms with E-state index in [1.807, 2.05) is 49.4 Å². The second kappa shape index (κ2) is 11.2. The van der Waals surface area contributed by atoms with Crippen molar-refractivity contribution < 1.29 is 9.18 Å². The molecule has 0 aliphatic heterocycles. The van der Waals surface area contributed by atoms with E-state index in [4.69, 9.17) is 11.1 Å². The predicted octanol–water partition coefficient (Wildman–Crippen LogP) is 4.89. The van der Waals surface area contributed by atoms with Gasteiger partial charge in [0.15, 0.2) is 0 Å². The summed E-state index contributed by atoms with van der Waals surface area (Å²) in [6.07, 6.45) is 2.11. The lowest BCUT2D eigenvalue weighted by molar-refractivity contribution is -0.121. The Morgan fingerprint density at radius 3 is 2.50 bits per heavy atom. The van der Waals surface area contributed by atoms with Crippen LogP contribution in [0.5, 0.6) is 0 Å². The van der Waals surface area contributed by atoms with E-state index >= 15 is 0 Å². The summed E-state index contributed by atoms with van der Waals surface area (Å²) in [4.78, 5) is 16.6. The summed E-state index contributed by atoms with van der Waals surface area (Å²) in [5.74, 6) is 0.376. The number of nitrogens with one attached hydrogen (secondary N) is 2. The Bertz CT molecular complexity index is 1070. The second-order valence-electron chi connectivity index (χ2n) is 8.05. The van der Waals surface area contributed by atoms with Crippen molar-refractivity contribution in [2.45, 2.75) is 45.3 Å². The average molecular weight is 433 g/mol. The number of hydrogen-bond donors (Lipinski definition) is 3. The van der Waals surface area contributed by atoms with E-state index in [9.17, 15) is 9.18 Å². The Kier molecular flexibility index (Phi) is 8.08. The number of benzene rings is 2. The van der Waals surface area contributed by atoms with Gasteiger partial charge in [-0.05, 0) is 48.6 Å². The van der Waals surface area contributed by atoms with Crippen LogP contribution in [0, 0.1) is 5.41 Å². The van der Waals surface area contributed by atoms with Crippen molar-refractivity contribution in [3.8, 4) is 11.3 Å². The summed E-state index contributed by atoms with van der Waals surface area (Å²) in [7, 11) is 0. The molecule has 3 aromatic rings. The zero-order valence-electron chi connectivity index (χ0n) is 18.3. The number of amides is 1. The maximum absolute atomic E-state index is 12.8. The summed E-state index contributed by atoms with van der Waals surface area (Å²) in [5.41, 5.74) is 10.7. The van der Waals surface area contributed by atoms with Gasteiger partial charge in [-0.15, -0.1) is 0 Å². The van der Waals surface area contributed by atoms with Gasteiger partial charge >= 0.3 is 0 Å². The van der Waals surface area contributed by atoms with E-state index < -0.39 is 6.67 Å². The van der Waals surface area contributed by atoms with E-state index in [1.165, 1.54) is 0 Å². The van der Waals surface area contributed by atoms with Crippen LogP contribution in [0.2, 0.25) is 0 Å². The summed E-state index contributed by atoms with van der Waals surface area (Å²) < 4.78 is 12.8. The molecular weight excluding hydrogens is 403 g/mol. The van der Waals surface area contributed by atoms with E-state index in [-0.39, 0.29) is 18.4 Å². The van der Waals surface area contributed by atoms with Crippen LogP contribution >= 0.6 is 0 Å². The van der Waals surface area contributed by atoms with Gasteiger partial charge in [0.1, 0.15) is 12.5 Å². The molecular formula is C26H29FN4O. The molecule has 0 radical (unpaired) electrons. The van der Waals surface area contributed by atoms with Crippen LogP contribution in [0.15, 0.2) is 66.7 Å². The van der Waals surface area contributed by atoms with E-state index in [2.05, 4.69) is 10.3 Å². The van der Waals surface area contributed by atoms with Crippen molar-refractivity contribution in [1.29, 1.82) is 5.41 Å². The third kappa shape index (κ3) is 7.01. The maximum Gasteiger partial charge on any atom is 0.224 e. The van der Waals surface area contributed by atoms with Crippen LogP contribution in [0.1, 0.15) is 36.5 Å². The number of nitrogens with zero attached hydrogens (tertiary/aromatic N) is 1. The van der Waals surface area contributed by atoms with Crippen LogP contribution in [-0.2, 0) is 24.3 Å². The van der Waals surface area contributed by atoms with Gasteiger partial charge in [-0.3, -0.25) is 4.79 Å². The lowest BCUT2D eigenvalue weighted by Crippen LogP contribution is -2.35. The molecule has 1 amide bonds. The number of halogens is 1. The molecule has 0 aliphatic carbocycles. The Morgan fingerprint density at radius 1 is 1.06 bits per heavy atom.